The number of hydrogen-bond acceptors (Lipinski definition) is 3. The van der Waals surface area contributed by atoms with Gasteiger partial charge in [0.15, 0.2) is 0 Å². The van der Waals surface area contributed by atoms with E-state index in [9.17, 15) is 5.26 Å². The largest absolute Gasteiger partial charge is 0.496 e. The molecule has 0 fully saturated rings. The Hall–Kier alpha value is -3.19. The average Bonchev–Trinajstić information content (AvgIpc) is 3.13. The predicted molar refractivity (Wildman–Crippen MR) is 101 cm³/mol. The van der Waals surface area contributed by atoms with Gasteiger partial charge in [0.2, 0.25) is 0 Å². The first-order valence-corrected chi connectivity index (χ1v) is 8.28. The Kier molecular flexibility index (Phi) is 4.76. The molecule has 0 spiro atoms. The third kappa shape index (κ3) is 3.09. The van der Waals surface area contributed by atoms with Crippen LogP contribution in [0, 0.1) is 11.3 Å². The van der Waals surface area contributed by atoms with Crippen molar-refractivity contribution in [2.24, 2.45) is 0 Å². The van der Waals surface area contributed by atoms with E-state index in [1.165, 1.54) is 0 Å². The van der Waals surface area contributed by atoms with Crippen molar-refractivity contribution in [3.8, 4) is 11.8 Å². The second-order valence-corrected chi connectivity index (χ2v) is 5.81. The van der Waals surface area contributed by atoms with Crippen molar-refractivity contribution in [3.05, 3.63) is 77.8 Å². The molecule has 0 aliphatic carbocycles. The molecular formula is C21H21N3O. The molecule has 4 heteroatoms. The number of aromatic nitrogens is 1. The van der Waals surface area contributed by atoms with E-state index >= 15 is 0 Å². The van der Waals surface area contributed by atoms with Crippen LogP contribution in [0.2, 0.25) is 0 Å². The summed E-state index contributed by atoms with van der Waals surface area (Å²) < 4.78 is 5.53. The molecule has 0 bridgehead atoms. The van der Waals surface area contributed by atoms with Crippen molar-refractivity contribution in [1.29, 1.82) is 5.26 Å². The van der Waals surface area contributed by atoms with Gasteiger partial charge in [-0.15, -0.1) is 0 Å². The van der Waals surface area contributed by atoms with Crippen LogP contribution in [0.3, 0.4) is 0 Å². The fraction of sp³-hybridized carbons (Fsp3) is 0.190. The number of aromatic amines is 1. The van der Waals surface area contributed by atoms with Crippen molar-refractivity contribution in [2.75, 3.05) is 13.7 Å². The van der Waals surface area contributed by atoms with Gasteiger partial charge in [-0.25, -0.2) is 0 Å². The maximum atomic E-state index is 9.27. The number of fused-ring (bicyclic) bond motifs is 1. The molecule has 4 nitrogen and oxygen atoms in total. The van der Waals surface area contributed by atoms with E-state index in [-0.39, 0.29) is 0 Å². The number of allylic oxidation sites excluding steroid dienone is 1. The lowest BCUT2D eigenvalue weighted by atomic mass is 9.93. The molecule has 0 unspecified atom stereocenters. The first-order chi connectivity index (χ1) is 12.2. The van der Waals surface area contributed by atoms with Gasteiger partial charge >= 0.3 is 0 Å². The Balaban J connectivity index is 2.13. The molecule has 3 rings (SSSR count). The van der Waals surface area contributed by atoms with Crippen molar-refractivity contribution in [2.45, 2.75) is 13.3 Å². The number of rotatable bonds is 5. The standard InChI is InChI=1S/C21H21N3O/c1-4-5-6-11-24-14-19(17-9-10-23-21(17)15(24)2)18-12-16(13-22)7-8-20(18)25-3/h5-10,12,14,23H,2,4,11H2,1,3H3/b6-5+. The highest BCUT2D eigenvalue weighted by atomic mass is 16.5. The van der Waals surface area contributed by atoms with Crippen LogP contribution in [0.25, 0.3) is 11.3 Å². The van der Waals surface area contributed by atoms with Gasteiger partial charge < -0.3 is 14.6 Å². The summed E-state index contributed by atoms with van der Waals surface area (Å²) in [7, 11) is 1.65. The summed E-state index contributed by atoms with van der Waals surface area (Å²) in [6, 6.07) is 9.71. The Morgan fingerprint density at radius 3 is 2.84 bits per heavy atom. The number of H-pyrrole nitrogens is 1. The number of methoxy groups -OCH3 is 1. The first-order valence-electron chi connectivity index (χ1n) is 8.28. The van der Waals surface area contributed by atoms with Gasteiger partial charge in [0.1, 0.15) is 5.75 Å². The first kappa shape index (κ1) is 16.7. The molecule has 1 aliphatic heterocycles. The number of nitriles is 1. The molecular weight excluding hydrogens is 310 g/mol. The summed E-state index contributed by atoms with van der Waals surface area (Å²) in [6.07, 6.45) is 9.27. The summed E-state index contributed by atoms with van der Waals surface area (Å²) in [4.78, 5) is 5.39. The smallest absolute Gasteiger partial charge is 0.126 e. The van der Waals surface area contributed by atoms with E-state index in [1.807, 2.05) is 24.4 Å². The summed E-state index contributed by atoms with van der Waals surface area (Å²) >= 11 is 0. The van der Waals surface area contributed by atoms with Gasteiger partial charge in [-0.2, -0.15) is 5.26 Å². The number of nitrogens with one attached hydrogen (secondary N) is 1. The van der Waals surface area contributed by atoms with Crippen LogP contribution in [0.15, 0.2) is 55.4 Å². The van der Waals surface area contributed by atoms with Gasteiger partial charge in [0.25, 0.3) is 0 Å². The van der Waals surface area contributed by atoms with Crippen molar-refractivity contribution >= 4 is 11.3 Å². The van der Waals surface area contributed by atoms with Gasteiger partial charge in [0, 0.05) is 35.6 Å². The molecule has 1 N–H and O–H groups in total. The van der Waals surface area contributed by atoms with E-state index in [1.54, 1.807) is 13.2 Å². The average molecular weight is 331 g/mol. The Labute approximate surface area is 148 Å². The van der Waals surface area contributed by atoms with E-state index in [0.29, 0.717) is 5.56 Å². The highest BCUT2D eigenvalue weighted by Gasteiger charge is 2.24. The molecule has 0 radical (unpaired) electrons. The summed E-state index contributed by atoms with van der Waals surface area (Å²) in [5, 5.41) is 9.27. The lowest BCUT2D eigenvalue weighted by molar-refractivity contribution is 0.413. The summed E-state index contributed by atoms with van der Waals surface area (Å²) in [5.74, 6) is 0.744. The van der Waals surface area contributed by atoms with Crippen LogP contribution < -0.4 is 4.74 Å². The quantitative estimate of drug-likeness (QED) is 0.819. The molecule has 1 aromatic carbocycles. The Morgan fingerprint density at radius 1 is 1.28 bits per heavy atom. The summed E-state index contributed by atoms with van der Waals surface area (Å²) in [5.41, 5.74) is 5.51. The highest BCUT2D eigenvalue weighted by molar-refractivity contribution is 5.91. The monoisotopic (exact) mass is 331 g/mol. The molecule has 0 atom stereocenters. The zero-order valence-electron chi connectivity index (χ0n) is 14.5. The van der Waals surface area contributed by atoms with Gasteiger partial charge in [-0.1, -0.05) is 25.7 Å². The van der Waals surface area contributed by atoms with E-state index in [2.05, 4.69) is 47.8 Å². The van der Waals surface area contributed by atoms with E-state index in [4.69, 9.17) is 4.74 Å². The molecule has 126 valence electrons. The van der Waals surface area contributed by atoms with Gasteiger partial charge in [0.05, 0.1) is 30.1 Å². The zero-order chi connectivity index (χ0) is 17.8. The van der Waals surface area contributed by atoms with E-state index in [0.717, 1.165) is 46.8 Å². The topological polar surface area (TPSA) is 52.1 Å². The number of benzene rings is 1. The molecule has 1 aromatic heterocycles. The second kappa shape index (κ2) is 7.14. The number of ether oxygens (including phenoxy) is 1. The van der Waals surface area contributed by atoms with Crippen LogP contribution in [-0.4, -0.2) is 23.5 Å². The fourth-order valence-corrected chi connectivity index (χ4v) is 3.00. The highest BCUT2D eigenvalue weighted by Crippen LogP contribution is 2.39. The molecule has 0 saturated heterocycles. The third-order valence-electron chi connectivity index (χ3n) is 4.28. The zero-order valence-corrected chi connectivity index (χ0v) is 14.5. The van der Waals surface area contributed by atoms with Crippen LogP contribution in [0.1, 0.15) is 35.7 Å². The van der Waals surface area contributed by atoms with Gasteiger partial charge in [-0.3, -0.25) is 0 Å². The van der Waals surface area contributed by atoms with Crippen LogP contribution in [-0.2, 0) is 0 Å². The predicted octanol–water partition coefficient (Wildman–Crippen LogP) is 4.54. The van der Waals surface area contributed by atoms with Crippen LogP contribution >= 0.6 is 0 Å². The normalized spacial score (nSPS) is 13.6. The molecule has 25 heavy (non-hydrogen) atoms. The lowest BCUT2D eigenvalue weighted by Crippen LogP contribution is -2.20. The van der Waals surface area contributed by atoms with Crippen molar-refractivity contribution in [3.63, 3.8) is 0 Å². The SMILES string of the molecule is C=C1c2[nH]ccc2C(c2cc(C#N)ccc2OC)=CN1C/C=C/CC. The Morgan fingerprint density at radius 2 is 2.12 bits per heavy atom. The van der Waals surface area contributed by atoms with Crippen LogP contribution in [0.4, 0.5) is 0 Å². The molecule has 0 saturated carbocycles. The molecule has 2 aromatic rings. The summed E-state index contributed by atoms with van der Waals surface area (Å²) in [6.45, 7) is 7.09. The maximum Gasteiger partial charge on any atom is 0.126 e. The van der Waals surface area contributed by atoms with Crippen molar-refractivity contribution < 1.29 is 4.74 Å². The molecule has 1 aliphatic rings. The lowest BCUT2D eigenvalue weighted by Gasteiger charge is -2.29. The minimum absolute atomic E-state index is 0.607. The minimum atomic E-state index is 0.607. The third-order valence-corrected chi connectivity index (χ3v) is 4.28. The van der Waals surface area contributed by atoms with Crippen LogP contribution in [0.5, 0.6) is 5.75 Å². The maximum absolute atomic E-state index is 9.27. The number of nitrogens with zero attached hydrogens (tertiary/aromatic N) is 2. The van der Waals surface area contributed by atoms with Crippen molar-refractivity contribution in [1.82, 2.24) is 9.88 Å². The van der Waals surface area contributed by atoms with E-state index < -0.39 is 0 Å². The number of hydrogen-bond donors (Lipinski definition) is 1. The minimum Gasteiger partial charge on any atom is -0.496 e. The van der Waals surface area contributed by atoms with Gasteiger partial charge in [-0.05, 0) is 30.7 Å². The molecule has 2 heterocycles. The second-order valence-electron chi connectivity index (χ2n) is 5.81. The molecule has 0 amide bonds. The Bertz CT molecular complexity index is 896. The fourth-order valence-electron chi connectivity index (χ4n) is 3.00.